The summed E-state index contributed by atoms with van der Waals surface area (Å²) in [7, 11) is -1.35. The maximum absolute atomic E-state index is 10.7. The van der Waals surface area contributed by atoms with Gasteiger partial charge in [0.2, 0.25) is 0 Å². The number of carbonyl (C=O) groups excluding carboxylic acids is 1. The maximum atomic E-state index is 10.7. The van der Waals surface area contributed by atoms with Gasteiger partial charge in [0.15, 0.2) is 0 Å². The van der Waals surface area contributed by atoms with E-state index in [0.717, 1.165) is 32.6 Å². The van der Waals surface area contributed by atoms with Crippen molar-refractivity contribution in [1.29, 1.82) is 0 Å². The van der Waals surface area contributed by atoms with Gasteiger partial charge in [0, 0.05) is 28.0 Å². The summed E-state index contributed by atoms with van der Waals surface area (Å²) in [5.41, 5.74) is 11.1. The van der Waals surface area contributed by atoms with Crippen LogP contribution >= 0.6 is 11.3 Å². The van der Waals surface area contributed by atoms with Crippen LogP contribution in [0.15, 0.2) is 48.1 Å². The van der Waals surface area contributed by atoms with Gasteiger partial charge in [-0.3, -0.25) is 4.79 Å². The Morgan fingerprint density at radius 1 is 1.25 bits per heavy atom. The highest BCUT2D eigenvalue weighted by atomic mass is 32.1. The highest BCUT2D eigenvalue weighted by molar-refractivity contribution is 7.13. The molecule has 7 nitrogen and oxygen atoms in total. The molecule has 0 bridgehead atoms. The van der Waals surface area contributed by atoms with E-state index in [1.165, 1.54) is 17.5 Å². The summed E-state index contributed by atoms with van der Waals surface area (Å²) in [6, 6.07) is 9.44. The van der Waals surface area contributed by atoms with Crippen LogP contribution in [0.25, 0.3) is 32.6 Å². The van der Waals surface area contributed by atoms with E-state index in [1.807, 2.05) is 36.6 Å². The van der Waals surface area contributed by atoms with E-state index in [-0.39, 0.29) is 6.47 Å². The highest BCUT2D eigenvalue weighted by Crippen LogP contribution is 2.35. The first-order chi connectivity index (χ1) is 13.6. The number of rotatable bonds is 5. The zero-order valence-electron chi connectivity index (χ0n) is 14.9. The zero-order chi connectivity index (χ0) is 19.7. The van der Waals surface area contributed by atoms with Crippen molar-refractivity contribution in [2.45, 2.75) is 6.92 Å². The van der Waals surface area contributed by atoms with Crippen LogP contribution < -0.4 is 11.2 Å². The lowest BCUT2D eigenvalue weighted by molar-refractivity contribution is -0.121. The number of nitrogens with zero attached hydrogens (tertiary/aromatic N) is 3. The molecule has 0 aliphatic heterocycles. The number of fused-ring (bicyclic) bond motifs is 1. The first-order valence-electron chi connectivity index (χ1n) is 8.41. The van der Waals surface area contributed by atoms with Crippen LogP contribution in [-0.2, 0) is 9.45 Å². The van der Waals surface area contributed by atoms with E-state index >= 15 is 0 Å². The number of hydrogen-bond acceptors (Lipinski definition) is 8. The molecule has 0 aliphatic rings. The summed E-state index contributed by atoms with van der Waals surface area (Å²) < 4.78 is 4.74. The van der Waals surface area contributed by atoms with Crippen molar-refractivity contribution in [3.05, 3.63) is 53.7 Å². The van der Waals surface area contributed by atoms with Crippen LogP contribution in [-0.4, -0.2) is 33.8 Å². The minimum absolute atomic E-state index is 0.229. The van der Waals surface area contributed by atoms with Gasteiger partial charge in [-0.05, 0) is 41.8 Å². The van der Waals surface area contributed by atoms with Gasteiger partial charge in [0.25, 0.3) is 6.47 Å². The van der Waals surface area contributed by atoms with Gasteiger partial charge in [-0.25, -0.2) is 4.98 Å². The zero-order valence-corrected chi connectivity index (χ0v) is 15.7. The molecule has 3 N–H and O–H groups in total. The molecular formula is C19H15BN4O3S. The number of anilines is 1. The van der Waals surface area contributed by atoms with Crippen LogP contribution in [0.1, 0.15) is 5.56 Å². The monoisotopic (exact) mass is 390 g/mol. The number of aryl methyl sites for hydroxylation is 1. The third-order valence-corrected chi connectivity index (χ3v) is 5.31. The average molecular weight is 390 g/mol. The first-order valence-corrected chi connectivity index (χ1v) is 9.29. The summed E-state index contributed by atoms with van der Waals surface area (Å²) >= 11 is 1.52. The average Bonchev–Trinajstić information content (AvgIpc) is 3.22. The molecule has 4 rings (SSSR count). The van der Waals surface area contributed by atoms with Crippen molar-refractivity contribution < 1.29 is 14.5 Å². The van der Waals surface area contributed by atoms with Crippen molar-refractivity contribution in [3.63, 3.8) is 0 Å². The van der Waals surface area contributed by atoms with Crippen molar-refractivity contribution in [2.24, 2.45) is 0 Å². The van der Waals surface area contributed by atoms with Gasteiger partial charge in [0.05, 0.1) is 17.4 Å². The lowest BCUT2D eigenvalue weighted by Gasteiger charge is -2.15. The molecule has 0 atom stereocenters. The van der Waals surface area contributed by atoms with E-state index in [4.69, 9.17) is 10.4 Å². The number of nitrogens with two attached hydrogens (primary N) is 1. The molecule has 0 fully saturated rings. The molecule has 0 spiro atoms. The molecule has 0 aliphatic carbocycles. The largest absolute Gasteiger partial charge is 0.562 e. The number of carbonyl (C=O) groups is 1. The second-order valence-electron chi connectivity index (χ2n) is 6.21. The first kappa shape index (κ1) is 18.1. The fraction of sp³-hybridized carbons (Fsp3) is 0.0526. The summed E-state index contributed by atoms with van der Waals surface area (Å²) in [5.74, 6) is 0. The van der Waals surface area contributed by atoms with Crippen LogP contribution in [0.2, 0.25) is 0 Å². The number of benzene rings is 2. The third kappa shape index (κ3) is 3.21. The molecule has 0 amide bonds. The minimum Gasteiger partial charge on any atom is -0.508 e. The lowest BCUT2D eigenvalue weighted by Crippen LogP contribution is -2.35. The summed E-state index contributed by atoms with van der Waals surface area (Å²) in [6.07, 6.45) is 3.25. The van der Waals surface area contributed by atoms with E-state index in [2.05, 4.69) is 15.2 Å². The van der Waals surface area contributed by atoms with Crippen molar-refractivity contribution in [2.75, 3.05) is 5.73 Å². The summed E-state index contributed by atoms with van der Waals surface area (Å²) in [4.78, 5) is 15.1. The van der Waals surface area contributed by atoms with E-state index in [9.17, 15) is 9.82 Å². The Bertz CT molecular complexity index is 1170. The Labute approximate surface area is 165 Å². The van der Waals surface area contributed by atoms with Crippen LogP contribution in [0.3, 0.4) is 0 Å². The van der Waals surface area contributed by atoms with Crippen LogP contribution in [0.4, 0.5) is 5.69 Å². The molecule has 2 heterocycles. The number of thiazole rings is 1. The quantitative estimate of drug-likeness (QED) is 0.397. The predicted octanol–water partition coefficient (Wildman–Crippen LogP) is 2.17. The SMILES string of the molecule is Cc1cc(-c2nccs2)c(-c2ccc3c(N)cnnc3c2)cc1B(O)OC=O. The Kier molecular flexibility index (Phi) is 4.76. The van der Waals surface area contributed by atoms with Gasteiger partial charge >= 0.3 is 7.12 Å². The molecule has 0 saturated carbocycles. The number of nitrogen functional groups attached to an aromatic ring is 1. The van der Waals surface area contributed by atoms with Gasteiger partial charge in [-0.1, -0.05) is 12.1 Å². The highest BCUT2D eigenvalue weighted by Gasteiger charge is 2.23. The molecular weight excluding hydrogens is 375 g/mol. The summed E-state index contributed by atoms with van der Waals surface area (Å²) in [5, 5.41) is 21.8. The second-order valence-corrected chi connectivity index (χ2v) is 7.10. The van der Waals surface area contributed by atoms with E-state index in [0.29, 0.717) is 16.7 Å². The Morgan fingerprint density at radius 3 is 2.86 bits per heavy atom. The second kappa shape index (κ2) is 7.38. The standard InChI is InChI=1S/C19H15BN4O3S/c1-11-6-15(19-22-4-5-28-19)14(8-16(11)20(26)27-10-25)12-2-3-13-17(21)9-23-24-18(13)7-12/h2-10,26H,1H3,(H2,21,24). The van der Waals surface area contributed by atoms with Gasteiger partial charge in [-0.2, -0.15) is 10.2 Å². The molecule has 28 heavy (non-hydrogen) atoms. The molecule has 138 valence electrons. The Morgan fingerprint density at radius 2 is 2.11 bits per heavy atom. The molecule has 2 aromatic carbocycles. The van der Waals surface area contributed by atoms with Gasteiger partial charge in [-0.15, -0.1) is 11.3 Å². The van der Waals surface area contributed by atoms with Gasteiger partial charge in [0.1, 0.15) is 5.01 Å². The minimum atomic E-state index is -1.35. The van der Waals surface area contributed by atoms with Crippen LogP contribution in [0.5, 0.6) is 0 Å². The van der Waals surface area contributed by atoms with Gasteiger partial charge < -0.3 is 15.4 Å². The van der Waals surface area contributed by atoms with Crippen molar-refractivity contribution in [1.82, 2.24) is 15.2 Å². The number of aromatic nitrogens is 3. The van der Waals surface area contributed by atoms with Crippen molar-refractivity contribution in [3.8, 4) is 21.7 Å². The summed E-state index contributed by atoms with van der Waals surface area (Å²) in [6.45, 7) is 2.08. The molecule has 4 aromatic rings. The predicted molar refractivity (Wildman–Crippen MR) is 110 cm³/mol. The van der Waals surface area contributed by atoms with Crippen LogP contribution in [0, 0.1) is 6.92 Å². The third-order valence-electron chi connectivity index (χ3n) is 4.50. The van der Waals surface area contributed by atoms with Crippen molar-refractivity contribution >= 4 is 47.0 Å². The van der Waals surface area contributed by atoms with E-state index in [1.54, 1.807) is 12.3 Å². The van der Waals surface area contributed by atoms with E-state index < -0.39 is 7.12 Å². The lowest BCUT2D eigenvalue weighted by atomic mass is 9.74. The molecule has 9 heteroatoms. The molecule has 2 aromatic heterocycles. The topological polar surface area (TPSA) is 111 Å². The normalized spacial score (nSPS) is 10.8. The Balaban J connectivity index is 1.95. The molecule has 0 unspecified atom stereocenters. The smallest absolute Gasteiger partial charge is 0.508 e. The molecule has 0 radical (unpaired) electrons. The fourth-order valence-electron chi connectivity index (χ4n) is 3.14. The number of hydrogen-bond donors (Lipinski definition) is 2. The molecule has 0 saturated heterocycles. The Hall–Kier alpha value is -3.30. The maximum Gasteiger partial charge on any atom is 0.562 e. The fourth-order valence-corrected chi connectivity index (χ4v) is 3.81.